The van der Waals surface area contributed by atoms with E-state index in [1.165, 1.54) is 5.57 Å². The lowest BCUT2D eigenvalue weighted by Gasteiger charge is -2.24. The van der Waals surface area contributed by atoms with E-state index in [2.05, 4.69) is 13.0 Å². The molecule has 0 aliphatic carbocycles. The van der Waals surface area contributed by atoms with Gasteiger partial charge in [0.05, 0.1) is 0 Å². The van der Waals surface area contributed by atoms with Gasteiger partial charge in [0.1, 0.15) is 0 Å². The quantitative estimate of drug-likeness (QED) is 0.492. The molecule has 0 aromatic heterocycles. The Morgan fingerprint density at radius 1 is 1.44 bits per heavy atom. The van der Waals surface area contributed by atoms with E-state index in [-0.39, 0.29) is 5.91 Å². The van der Waals surface area contributed by atoms with E-state index < -0.39 is 0 Å². The summed E-state index contributed by atoms with van der Waals surface area (Å²) in [7, 11) is 0. The summed E-state index contributed by atoms with van der Waals surface area (Å²) in [6, 6.07) is 7.50. The van der Waals surface area contributed by atoms with Crippen LogP contribution in [0.4, 0.5) is 5.69 Å². The van der Waals surface area contributed by atoms with Crippen LogP contribution in [0.3, 0.4) is 0 Å². The molecule has 1 aromatic rings. The fourth-order valence-electron chi connectivity index (χ4n) is 2.04. The van der Waals surface area contributed by atoms with Crippen LogP contribution in [-0.2, 0) is 4.79 Å². The molecule has 94 valence electrons. The largest absolute Gasteiger partial charge is 0.399 e. The molecule has 1 aliphatic heterocycles. The van der Waals surface area contributed by atoms with Gasteiger partial charge >= 0.3 is 0 Å². The van der Waals surface area contributed by atoms with Crippen molar-refractivity contribution >= 4 is 17.7 Å². The second kappa shape index (κ2) is 5.54. The summed E-state index contributed by atoms with van der Waals surface area (Å²) in [6.07, 6.45) is 6.56. The fourth-order valence-corrected chi connectivity index (χ4v) is 2.04. The first-order valence-electron chi connectivity index (χ1n) is 6.13. The lowest BCUT2D eigenvalue weighted by Crippen LogP contribution is -2.34. The lowest BCUT2D eigenvalue weighted by atomic mass is 10.1. The van der Waals surface area contributed by atoms with Gasteiger partial charge in [-0.25, -0.2) is 0 Å². The molecule has 2 N–H and O–H groups in total. The molecule has 0 radical (unpaired) electrons. The van der Waals surface area contributed by atoms with E-state index in [4.69, 9.17) is 5.73 Å². The number of nitrogens with zero attached hydrogens (tertiary/aromatic N) is 1. The second-order valence-corrected chi connectivity index (χ2v) is 4.60. The van der Waals surface area contributed by atoms with Gasteiger partial charge < -0.3 is 10.6 Å². The number of rotatable bonds is 2. The highest BCUT2D eigenvalue weighted by Crippen LogP contribution is 2.11. The fraction of sp³-hybridized carbons (Fsp3) is 0.267. The summed E-state index contributed by atoms with van der Waals surface area (Å²) in [4.78, 5) is 13.8. The van der Waals surface area contributed by atoms with Crippen LogP contribution in [0.1, 0.15) is 18.9 Å². The molecular formula is C15H18N2O. The van der Waals surface area contributed by atoms with Gasteiger partial charge in [-0.2, -0.15) is 0 Å². The minimum atomic E-state index is 0.0601. The maximum absolute atomic E-state index is 12.0. The summed E-state index contributed by atoms with van der Waals surface area (Å²) in [5, 5.41) is 0. The molecule has 0 saturated heterocycles. The monoisotopic (exact) mass is 242 g/mol. The van der Waals surface area contributed by atoms with Crippen molar-refractivity contribution in [2.24, 2.45) is 0 Å². The van der Waals surface area contributed by atoms with Crippen molar-refractivity contribution in [1.29, 1.82) is 0 Å². The highest BCUT2D eigenvalue weighted by atomic mass is 16.2. The number of anilines is 1. The standard InChI is InChI=1S/C15H18N2O/c1-12-4-3-9-17(11-12)15(18)8-7-13-5-2-6-14(16)10-13/h2,4-8,10H,3,9,11,16H2,1H3/b8-7+. The van der Waals surface area contributed by atoms with Crippen LogP contribution in [-0.4, -0.2) is 23.9 Å². The number of carbonyl (C=O) groups is 1. The number of nitrogen functional groups attached to an aromatic ring is 1. The van der Waals surface area contributed by atoms with E-state index in [1.54, 1.807) is 6.08 Å². The van der Waals surface area contributed by atoms with E-state index in [9.17, 15) is 4.79 Å². The highest BCUT2D eigenvalue weighted by Gasteiger charge is 2.13. The van der Waals surface area contributed by atoms with Gasteiger partial charge in [0.2, 0.25) is 5.91 Å². The predicted octanol–water partition coefficient (Wildman–Crippen LogP) is 2.46. The van der Waals surface area contributed by atoms with Crippen molar-refractivity contribution in [3.63, 3.8) is 0 Å². The summed E-state index contributed by atoms with van der Waals surface area (Å²) in [5.74, 6) is 0.0601. The molecule has 0 unspecified atom stereocenters. The maximum atomic E-state index is 12.0. The highest BCUT2D eigenvalue weighted by molar-refractivity contribution is 5.92. The molecule has 18 heavy (non-hydrogen) atoms. The van der Waals surface area contributed by atoms with E-state index in [1.807, 2.05) is 35.2 Å². The van der Waals surface area contributed by atoms with Crippen LogP contribution in [0.15, 0.2) is 42.0 Å². The summed E-state index contributed by atoms with van der Waals surface area (Å²) in [6.45, 7) is 3.60. The molecule has 0 spiro atoms. The van der Waals surface area contributed by atoms with Gasteiger partial charge in [-0.1, -0.05) is 23.8 Å². The molecule has 1 aromatic carbocycles. The number of amides is 1. The Bertz CT molecular complexity index is 503. The lowest BCUT2D eigenvalue weighted by molar-refractivity contribution is -0.125. The van der Waals surface area contributed by atoms with Crippen molar-refractivity contribution < 1.29 is 4.79 Å². The third kappa shape index (κ3) is 3.23. The SMILES string of the molecule is CC1=CCCN(C(=O)/C=C/c2cccc(N)c2)C1. The minimum absolute atomic E-state index is 0.0601. The van der Waals surface area contributed by atoms with E-state index >= 15 is 0 Å². The normalized spacial score (nSPS) is 15.8. The third-order valence-corrected chi connectivity index (χ3v) is 2.97. The van der Waals surface area contributed by atoms with Crippen LogP contribution in [0.25, 0.3) is 6.08 Å². The van der Waals surface area contributed by atoms with E-state index in [0.29, 0.717) is 5.69 Å². The molecular weight excluding hydrogens is 224 g/mol. The number of carbonyl (C=O) groups excluding carboxylic acids is 1. The van der Waals surface area contributed by atoms with Crippen molar-refractivity contribution in [3.05, 3.63) is 47.6 Å². The number of hydrogen-bond donors (Lipinski definition) is 1. The average molecular weight is 242 g/mol. The molecule has 1 heterocycles. The first-order chi connectivity index (χ1) is 8.65. The zero-order valence-corrected chi connectivity index (χ0v) is 10.6. The molecule has 3 nitrogen and oxygen atoms in total. The van der Waals surface area contributed by atoms with Crippen molar-refractivity contribution in [2.45, 2.75) is 13.3 Å². The zero-order chi connectivity index (χ0) is 13.0. The Kier molecular flexibility index (Phi) is 3.82. The zero-order valence-electron chi connectivity index (χ0n) is 10.6. The predicted molar refractivity (Wildman–Crippen MR) is 74.8 cm³/mol. The number of nitrogens with two attached hydrogens (primary N) is 1. The third-order valence-electron chi connectivity index (χ3n) is 2.97. The van der Waals surface area contributed by atoms with Crippen LogP contribution >= 0.6 is 0 Å². The number of hydrogen-bond acceptors (Lipinski definition) is 2. The molecule has 1 amide bonds. The topological polar surface area (TPSA) is 46.3 Å². The van der Waals surface area contributed by atoms with Crippen LogP contribution in [0.5, 0.6) is 0 Å². The first-order valence-corrected chi connectivity index (χ1v) is 6.13. The first kappa shape index (κ1) is 12.4. The average Bonchev–Trinajstić information content (AvgIpc) is 2.36. The van der Waals surface area contributed by atoms with Crippen LogP contribution < -0.4 is 5.73 Å². The Balaban J connectivity index is 2.01. The minimum Gasteiger partial charge on any atom is -0.399 e. The van der Waals surface area contributed by atoms with Gasteiger partial charge in [-0.05, 0) is 37.1 Å². The van der Waals surface area contributed by atoms with Crippen molar-refractivity contribution in [1.82, 2.24) is 4.90 Å². The second-order valence-electron chi connectivity index (χ2n) is 4.60. The number of benzene rings is 1. The van der Waals surface area contributed by atoms with Gasteiger partial charge in [-0.15, -0.1) is 0 Å². The van der Waals surface area contributed by atoms with Gasteiger partial charge in [-0.3, -0.25) is 4.79 Å². The van der Waals surface area contributed by atoms with Crippen molar-refractivity contribution in [2.75, 3.05) is 18.8 Å². The smallest absolute Gasteiger partial charge is 0.246 e. The molecule has 1 aliphatic rings. The molecule has 2 rings (SSSR count). The molecule has 0 fully saturated rings. The Morgan fingerprint density at radius 3 is 3.00 bits per heavy atom. The Morgan fingerprint density at radius 2 is 2.28 bits per heavy atom. The molecule has 0 atom stereocenters. The molecule has 0 bridgehead atoms. The van der Waals surface area contributed by atoms with Gasteiger partial charge in [0, 0.05) is 24.9 Å². The van der Waals surface area contributed by atoms with Gasteiger partial charge in [0.25, 0.3) is 0 Å². The van der Waals surface area contributed by atoms with Crippen molar-refractivity contribution in [3.8, 4) is 0 Å². The summed E-state index contributed by atoms with van der Waals surface area (Å²) in [5.41, 5.74) is 8.61. The summed E-state index contributed by atoms with van der Waals surface area (Å²) >= 11 is 0. The Labute approximate surface area is 108 Å². The molecule has 0 saturated carbocycles. The van der Waals surface area contributed by atoms with Crippen LogP contribution in [0, 0.1) is 0 Å². The van der Waals surface area contributed by atoms with Gasteiger partial charge in [0.15, 0.2) is 0 Å². The van der Waals surface area contributed by atoms with Crippen LogP contribution in [0.2, 0.25) is 0 Å². The van der Waals surface area contributed by atoms with E-state index in [0.717, 1.165) is 25.1 Å². The summed E-state index contributed by atoms with van der Waals surface area (Å²) < 4.78 is 0. The Hall–Kier alpha value is -2.03. The molecule has 3 heteroatoms. The maximum Gasteiger partial charge on any atom is 0.246 e.